The summed E-state index contributed by atoms with van der Waals surface area (Å²) in [5.74, 6) is -0.352. The molecule has 2 heterocycles. The summed E-state index contributed by atoms with van der Waals surface area (Å²) in [5, 5.41) is 15.3. The molecule has 7 nitrogen and oxygen atoms in total. The van der Waals surface area contributed by atoms with E-state index in [-0.39, 0.29) is 17.2 Å². The summed E-state index contributed by atoms with van der Waals surface area (Å²) >= 11 is 0. The fourth-order valence-electron chi connectivity index (χ4n) is 3.97. The molecule has 0 unspecified atom stereocenters. The van der Waals surface area contributed by atoms with Crippen LogP contribution >= 0.6 is 0 Å². The maximum absolute atomic E-state index is 12.0. The third-order valence-corrected chi connectivity index (χ3v) is 5.42. The molecule has 1 aliphatic heterocycles. The average Bonchev–Trinajstić information content (AvgIpc) is 3.09. The number of hydrogen-bond acceptors (Lipinski definition) is 4. The Morgan fingerprint density at radius 2 is 2.07 bits per heavy atom. The minimum Gasteiger partial charge on any atom is -0.496 e. The molecule has 2 aromatic rings. The van der Waals surface area contributed by atoms with Crippen LogP contribution in [-0.2, 0) is 0 Å². The van der Waals surface area contributed by atoms with Crippen LogP contribution in [0.1, 0.15) is 42.1 Å². The second kappa shape index (κ2) is 7.42. The van der Waals surface area contributed by atoms with Gasteiger partial charge in [0.2, 0.25) is 6.20 Å². The van der Waals surface area contributed by atoms with Crippen molar-refractivity contribution < 1.29 is 19.3 Å². The number of aromatic carboxylic acids is 1. The van der Waals surface area contributed by atoms with Gasteiger partial charge in [-0.1, -0.05) is 10.8 Å². The van der Waals surface area contributed by atoms with Gasteiger partial charge in [0, 0.05) is 35.4 Å². The van der Waals surface area contributed by atoms with Crippen LogP contribution in [0.3, 0.4) is 0 Å². The molecule has 0 atom stereocenters. The van der Waals surface area contributed by atoms with Gasteiger partial charge in [0.15, 0.2) is 6.21 Å². The van der Waals surface area contributed by atoms with Crippen molar-refractivity contribution >= 4 is 18.4 Å². The highest BCUT2D eigenvalue weighted by molar-refractivity contribution is 5.90. The second-order valence-electron chi connectivity index (χ2n) is 7.19. The highest BCUT2D eigenvalue weighted by atomic mass is 16.5. The molecule has 28 heavy (non-hydrogen) atoms. The zero-order valence-electron chi connectivity index (χ0n) is 15.6. The zero-order chi connectivity index (χ0) is 19.7. The van der Waals surface area contributed by atoms with E-state index in [9.17, 15) is 14.7 Å². The standard InChI is InChI=1S/C21H21N3O4/c1-28-19-11-18-15(10-17(19)21(26)27)13-23(22-18)12-14-5-7-16(8-6-14)24-9-3-2-4-20(24)25/h2-4,9-14,16H,5-8H2,1H3/p+1/b23-12+. The molecule has 0 spiro atoms. The third-order valence-electron chi connectivity index (χ3n) is 5.42. The Bertz CT molecular complexity index is 1130. The SMILES string of the molecule is COc1cc2c(cc1C(=O)O)=C/[N+](=C\C1CCC(n3ccccc3=O)CC1)N=2. The molecular formula is C21H22N3O4+. The summed E-state index contributed by atoms with van der Waals surface area (Å²) in [6.07, 6.45) is 9.64. The van der Waals surface area contributed by atoms with Crippen LogP contribution in [0, 0.1) is 5.92 Å². The predicted octanol–water partition coefficient (Wildman–Crippen LogP) is 1.36. The number of carbonyl (C=O) groups is 1. The van der Waals surface area contributed by atoms with Crippen molar-refractivity contribution in [3.63, 3.8) is 0 Å². The molecular weight excluding hydrogens is 358 g/mol. The van der Waals surface area contributed by atoms with Crippen LogP contribution in [0.15, 0.2) is 46.4 Å². The molecule has 0 saturated heterocycles. The number of pyridine rings is 1. The molecule has 0 amide bonds. The van der Waals surface area contributed by atoms with E-state index in [2.05, 4.69) is 11.3 Å². The molecule has 144 valence electrons. The number of fused-ring (bicyclic) bond motifs is 1. The fourth-order valence-corrected chi connectivity index (χ4v) is 3.97. The van der Waals surface area contributed by atoms with Crippen LogP contribution in [-0.4, -0.2) is 33.7 Å². The van der Waals surface area contributed by atoms with Gasteiger partial charge >= 0.3 is 5.97 Å². The number of aromatic nitrogens is 1. The lowest BCUT2D eigenvalue weighted by Crippen LogP contribution is -2.27. The maximum Gasteiger partial charge on any atom is 0.339 e. The number of carboxylic acids is 1. The minimum absolute atomic E-state index is 0.0523. The van der Waals surface area contributed by atoms with Gasteiger partial charge in [0.05, 0.1) is 12.3 Å². The first-order valence-corrected chi connectivity index (χ1v) is 9.37. The lowest BCUT2D eigenvalue weighted by Gasteiger charge is -2.26. The van der Waals surface area contributed by atoms with Crippen LogP contribution in [0.2, 0.25) is 0 Å². The van der Waals surface area contributed by atoms with Gasteiger partial charge in [-0.2, -0.15) is 0 Å². The number of nitrogens with zero attached hydrogens (tertiary/aromatic N) is 3. The molecule has 0 bridgehead atoms. The van der Waals surface area contributed by atoms with Gasteiger partial charge in [0.1, 0.15) is 16.7 Å². The largest absolute Gasteiger partial charge is 0.496 e. The highest BCUT2D eigenvalue weighted by Crippen LogP contribution is 2.30. The van der Waals surface area contributed by atoms with Crippen molar-refractivity contribution in [3.05, 3.63) is 63.0 Å². The summed E-state index contributed by atoms with van der Waals surface area (Å²) in [5.41, 5.74) is 0.180. The van der Waals surface area contributed by atoms with Crippen molar-refractivity contribution in [2.24, 2.45) is 11.0 Å². The lowest BCUT2D eigenvalue weighted by molar-refractivity contribution is -0.424. The van der Waals surface area contributed by atoms with Crippen LogP contribution in [0.5, 0.6) is 5.75 Å². The van der Waals surface area contributed by atoms with Gasteiger partial charge in [-0.15, -0.1) is 0 Å². The van der Waals surface area contributed by atoms with E-state index in [1.54, 1.807) is 28.9 Å². The second-order valence-corrected chi connectivity index (χ2v) is 7.19. The smallest absolute Gasteiger partial charge is 0.339 e. The van der Waals surface area contributed by atoms with Crippen LogP contribution in [0.4, 0.5) is 0 Å². The van der Waals surface area contributed by atoms with Crippen LogP contribution < -0.4 is 20.9 Å². The predicted molar refractivity (Wildman–Crippen MR) is 103 cm³/mol. The van der Waals surface area contributed by atoms with Gasteiger partial charge in [0.25, 0.3) is 5.56 Å². The first-order chi connectivity index (χ1) is 13.5. The summed E-state index contributed by atoms with van der Waals surface area (Å²) in [7, 11) is 1.45. The molecule has 1 aliphatic carbocycles. The summed E-state index contributed by atoms with van der Waals surface area (Å²) in [4.78, 5) is 23.4. The fraction of sp³-hybridized carbons (Fsp3) is 0.333. The molecule has 1 aromatic heterocycles. The average molecular weight is 380 g/mol. The molecule has 2 aliphatic rings. The maximum atomic E-state index is 12.0. The van der Waals surface area contributed by atoms with E-state index in [0.717, 1.165) is 30.9 Å². The van der Waals surface area contributed by atoms with E-state index >= 15 is 0 Å². The van der Waals surface area contributed by atoms with Crippen molar-refractivity contribution in [1.82, 2.24) is 4.57 Å². The lowest BCUT2D eigenvalue weighted by atomic mass is 9.86. The van der Waals surface area contributed by atoms with Crippen molar-refractivity contribution in [2.45, 2.75) is 31.7 Å². The van der Waals surface area contributed by atoms with Gasteiger partial charge in [-0.05, 0) is 37.8 Å². The quantitative estimate of drug-likeness (QED) is 0.812. The molecule has 0 radical (unpaired) electrons. The number of benzene rings is 1. The molecule has 1 fully saturated rings. The van der Waals surface area contributed by atoms with Gasteiger partial charge < -0.3 is 14.4 Å². The Labute approximate surface area is 161 Å². The van der Waals surface area contributed by atoms with Gasteiger partial charge in [-0.3, -0.25) is 4.79 Å². The molecule has 1 saturated carbocycles. The Hall–Kier alpha value is -3.22. The highest BCUT2D eigenvalue weighted by Gasteiger charge is 2.25. The number of rotatable bonds is 4. The van der Waals surface area contributed by atoms with Crippen LogP contribution in [0.25, 0.3) is 6.20 Å². The Morgan fingerprint density at radius 3 is 2.75 bits per heavy atom. The number of hydrogen-bond donors (Lipinski definition) is 1. The van der Waals surface area contributed by atoms with E-state index in [1.165, 1.54) is 7.11 Å². The number of methoxy groups -OCH3 is 1. The van der Waals surface area contributed by atoms with E-state index < -0.39 is 5.97 Å². The van der Waals surface area contributed by atoms with Crippen molar-refractivity contribution in [1.29, 1.82) is 0 Å². The Morgan fingerprint density at radius 1 is 1.29 bits per heavy atom. The van der Waals surface area contributed by atoms with E-state index in [1.807, 2.05) is 23.0 Å². The monoisotopic (exact) mass is 380 g/mol. The normalized spacial score (nSPS) is 22.2. The summed E-state index contributed by atoms with van der Waals surface area (Å²) in [6.45, 7) is 0. The summed E-state index contributed by atoms with van der Waals surface area (Å²) in [6, 6.07) is 8.76. The van der Waals surface area contributed by atoms with Crippen molar-refractivity contribution in [3.8, 4) is 5.75 Å². The summed E-state index contributed by atoms with van der Waals surface area (Å²) < 4.78 is 8.77. The first kappa shape index (κ1) is 18.2. The molecule has 1 aromatic carbocycles. The first-order valence-electron chi connectivity index (χ1n) is 9.37. The minimum atomic E-state index is -1.02. The van der Waals surface area contributed by atoms with Crippen molar-refractivity contribution in [2.75, 3.05) is 7.11 Å². The Kier molecular flexibility index (Phi) is 4.81. The topological polar surface area (TPSA) is 83.9 Å². The zero-order valence-corrected chi connectivity index (χ0v) is 15.6. The molecule has 1 N–H and O–H groups in total. The third kappa shape index (κ3) is 3.47. The molecule has 4 rings (SSSR count). The number of carboxylic acid groups (broad SMARTS) is 1. The molecule has 7 heteroatoms. The van der Waals surface area contributed by atoms with E-state index in [0.29, 0.717) is 17.0 Å². The van der Waals surface area contributed by atoms with E-state index in [4.69, 9.17) is 4.74 Å². The Balaban J connectivity index is 1.52. The van der Waals surface area contributed by atoms with Gasteiger partial charge in [-0.25, -0.2) is 4.79 Å². The number of ether oxygens (including phenoxy) is 1.